The van der Waals surface area contributed by atoms with E-state index >= 15 is 0 Å². The van der Waals surface area contributed by atoms with Crippen LogP contribution in [-0.4, -0.2) is 31.0 Å². The number of hydrogen-bond donors (Lipinski definition) is 3. The molecule has 0 aromatic heterocycles. The molecule has 0 radical (unpaired) electrons. The molecule has 0 spiro atoms. The van der Waals surface area contributed by atoms with Gasteiger partial charge >= 0.3 is 5.97 Å². The maximum atomic E-state index is 12.2. The number of methoxy groups -OCH3 is 1. The van der Waals surface area contributed by atoms with Crippen molar-refractivity contribution in [1.29, 1.82) is 0 Å². The second kappa shape index (κ2) is 10.3. The molecule has 27 heavy (non-hydrogen) atoms. The summed E-state index contributed by atoms with van der Waals surface area (Å²) in [5, 5.41) is 6.77. The second-order valence-electron chi connectivity index (χ2n) is 5.22. The van der Waals surface area contributed by atoms with Crippen molar-refractivity contribution in [3.8, 4) is 11.5 Å². The molecular weight excluding hydrogens is 386 g/mol. The number of thiocarbonyl (C=S) groups is 1. The molecule has 2 aromatic carbocycles. The van der Waals surface area contributed by atoms with Crippen LogP contribution in [0.1, 0.15) is 15.9 Å². The fourth-order valence-corrected chi connectivity index (χ4v) is 2.27. The number of halogens is 1. The third kappa shape index (κ3) is 6.40. The van der Waals surface area contributed by atoms with Gasteiger partial charge in [-0.1, -0.05) is 17.7 Å². The van der Waals surface area contributed by atoms with Crippen molar-refractivity contribution in [1.82, 2.24) is 10.7 Å². The zero-order valence-electron chi connectivity index (χ0n) is 14.6. The molecule has 0 saturated carbocycles. The monoisotopic (exact) mass is 404 g/mol. The van der Waals surface area contributed by atoms with Crippen molar-refractivity contribution in [3.63, 3.8) is 0 Å². The number of hydrazone groups is 1. The molecule has 0 heterocycles. The van der Waals surface area contributed by atoms with Gasteiger partial charge in [-0.3, -0.25) is 0 Å². The molecule has 0 amide bonds. The first-order valence-electron chi connectivity index (χ1n) is 7.92. The van der Waals surface area contributed by atoms with Crippen molar-refractivity contribution >= 4 is 41.1 Å². The summed E-state index contributed by atoms with van der Waals surface area (Å²) in [6, 6.07) is 11.6. The highest BCUT2D eigenvalue weighted by molar-refractivity contribution is 7.80. The highest BCUT2D eigenvalue weighted by Gasteiger charge is 2.13. The molecule has 3 N–H and O–H groups in total. The second-order valence-corrected chi connectivity index (χ2v) is 6.06. The van der Waals surface area contributed by atoms with Gasteiger partial charge in [-0.25, -0.2) is 4.79 Å². The molecule has 6 nitrogen and oxygen atoms in total. The molecule has 0 saturated heterocycles. The third-order valence-corrected chi connectivity index (χ3v) is 3.80. The highest BCUT2D eigenvalue weighted by atomic mass is 35.5. The lowest BCUT2D eigenvalue weighted by Crippen LogP contribution is -2.82. The average molecular weight is 405 g/mol. The first-order valence-corrected chi connectivity index (χ1v) is 8.71. The van der Waals surface area contributed by atoms with E-state index in [9.17, 15) is 4.79 Å². The summed E-state index contributed by atoms with van der Waals surface area (Å²) in [6.45, 7) is 4.16. The Morgan fingerprint density at radius 1 is 1.26 bits per heavy atom. The Kier molecular flexibility index (Phi) is 7.79. The van der Waals surface area contributed by atoms with E-state index in [-0.39, 0.29) is 0 Å². The molecule has 0 aliphatic heterocycles. The summed E-state index contributed by atoms with van der Waals surface area (Å²) in [5.41, 5.74) is 3.99. The van der Waals surface area contributed by atoms with Gasteiger partial charge in [0.25, 0.3) is 0 Å². The normalized spacial score (nSPS) is 10.3. The molecule has 0 aliphatic rings. The summed E-state index contributed by atoms with van der Waals surface area (Å²) < 4.78 is 10.7. The standard InChI is InChI=1S/C19H18ClN3O3S/c1-3-10-21-19(27)23-22-12-13-4-9-16(17(11-13)25-2)26-18(24)14-5-7-15(20)8-6-14/h3-9,11-12H,1,10H2,2H3,(H2,21,23,27)/p+1. The van der Waals surface area contributed by atoms with Crippen molar-refractivity contribution in [2.75, 3.05) is 13.7 Å². The summed E-state index contributed by atoms with van der Waals surface area (Å²) in [7, 11) is 1.50. The predicted octanol–water partition coefficient (Wildman–Crippen LogP) is 1.63. The van der Waals surface area contributed by atoms with E-state index in [0.29, 0.717) is 33.7 Å². The molecule has 2 aromatic rings. The Labute approximate surface area is 167 Å². The number of ether oxygens (including phenoxy) is 2. The number of carbonyl (C=O) groups excluding carboxylic acids is 1. The van der Waals surface area contributed by atoms with Gasteiger partial charge in [0.15, 0.2) is 17.7 Å². The summed E-state index contributed by atoms with van der Waals surface area (Å²) in [5.74, 6) is 0.228. The number of hydrazine groups is 1. The topological polar surface area (TPSA) is 73.6 Å². The van der Waals surface area contributed by atoms with E-state index in [1.165, 1.54) is 7.11 Å². The quantitative estimate of drug-likeness (QED) is 0.163. The first kappa shape index (κ1) is 20.4. The maximum Gasteiger partial charge on any atom is 0.343 e. The minimum Gasteiger partial charge on any atom is -0.493 e. The SMILES string of the molecule is C=CCNC(=S)N[NH+]=Cc1ccc(OC(=O)c2ccc(Cl)cc2)c(OC)c1. The Morgan fingerprint density at radius 3 is 2.67 bits per heavy atom. The van der Waals surface area contributed by atoms with Crippen LogP contribution in [0.3, 0.4) is 0 Å². The number of rotatable bonds is 7. The first-order chi connectivity index (χ1) is 13.0. The molecule has 0 bridgehead atoms. The van der Waals surface area contributed by atoms with Gasteiger partial charge in [-0.05, 0) is 54.7 Å². The van der Waals surface area contributed by atoms with Crippen LogP contribution < -0.4 is 25.3 Å². The molecule has 0 unspecified atom stereocenters. The van der Waals surface area contributed by atoms with Crippen LogP contribution in [0, 0.1) is 0 Å². The fraction of sp³-hybridized carbons (Fsp3) is 0.105. The van der Waals surface area contributed by atoms with Gasteiger partial charge in [0.2, 0.25) is 5.11 Å². The van der Waals surface area contributed by atoms with E-state index in [1.54, 1.807) is 54.8 Å². The Morgan fingerprint density at radius 2 is 2.00 bits per heavy atom. The molecular formula is C19H19ClN3O3S+. The van der Waals surface area contributed by atoms with Gasteiger partial charge in [0, 0.05) is 17.1 Å². The smallest absolute Gasteiger partial charge is 0.343 e. The number of hydrogen-bond acceptors (Lipinski definition) is 4. The predicted molar refractivity (Wildman–Crippen MR) is 109 cm³/mol. The van der Waals surface area contributed by atoms with Crippen LogP contribution in [-0.2, 0) is 0 Å². The zero-order chi connectivity index (χ0) is 19.6. The largest absolute Gasteiger partial charge is 0.493 e. The van der Waals surface area contributed by atoms with Crippen molar-refractivity contribution in [3.05, 3.63) is 71.3 Å². The number of carbonyl (C=O) groups is 1. The average Bonchev–Trinajstić information content (AvgIpc) is 2.67. The third-order valence-electron chi connectivity index (χ3n) is 3.30. The van der Waals surface area contributed by atoms with Crippen molar-refractivity contribution < 1.29 is 19.4 Å². The lowest BCUT2D eigenvalue weighted by molar-refractivity contribution is -0.500. The van der Waals surface area contributed by atoms with Crippen LogP contribution >= 0.6 is 23.8 Å². The Bertz CT molecular complexity index is 854. The number of nitrogens with one attached hydrogen (secondary N) is 3. The van der Waals surface area contributed by atoms with Crippen LogP contribution in [0.25, 0.3) is 0 Å². The molecule has 0 atom stereocenters. The molecule has 140 valence electrons. The van der Waals surface area contributed by atoms with Gasteiger partial charge in [0.1, 0.15) is 0 Å². The lowest BCUT2D eigenvalue weighted by atomic mass is 10.2. The molecule has 0 fully saturated rings. The summed E-state index contributed by atoms with van der Waals surface area (Å²) >= 11 is 10.9. The van der Waals surface area contributed by atoms with Gasteiger partial charge in [-0.15, -0.1) is 17.1 Å². The van der Waals surface area contributed by atoms with Crippen LogP contribution in [0.5, 0.6) is 11.5 Å². The van der Waals surface area contributed by atoms with Crippen LogP contribution in [0.4, 0.5) is 0 Å². The van der Waals surface area contributed by atoms with Crippen molar-refractivity contribution in [2.45, 2.75) is 0 Å². The van der Waals surface area contributed by atoms with E-state index in [1.807, 2.05) is 0 Å². The Hall–Kier alpha value is -2.90. The minimum atomic E-state index is -0.500. The Balaban J connectivity index is 2.04. The van der Waals surface area contributed by atoms with E-state index in [4.69, 9.17) is 33.3 Å². The lowest BCUT2D eigenvalue weighted by Gasteiger charge is -2.09. The summed E-state index contributed by atoms with van der Waals surface area (Å²) in [4.78, 5) is 12.2. The van der Waals surface area contributed by atoms with E-state index in [0.717, 1.165) is 5.56 Å². The number of esters is 1. The van der Waals surface area contributed by atoms with Gasteiger partial charge in [0.05, 0.1) is 12.7 Å². The molecule has 8 heteroatoms. The van der Waals surface area contributed by atoms with E-state index in [2.05, 4.69) is 22.4 Å². The van der Waals surface area contributed by atoms with Gasteiger partial charge < -0.3 is 14.8 Å². The van der Waals surface area contributed by atoms with Gasteiger partial charge in [-0.2, -0.15) is 0 Å². The number of benzene rings is 2. The van der Waals surface area contributed by atoms with Crippen LogP contribution in [0.15, 0.2) is 55.1 Å². The summed E-state index contributed by atoms with van der Waals surface area (Å²) in [6.07, 6.45) is 3.39. The van der Waals surface area contributed by atoms with Crippen molar-refractivity contribution in [2.24, 2.45) is 0 Å². The molecule has 2 rings (SSSR count). The molecule has 0 aliphatic carbocycles. The highest BCUT2D eigenvalue weighted by Crippen LogP contribution is 2.28. The minimum absolute atomic E-state index is 0.311. The zero-order valence-corrected chi connectivity index (χ0v) is 16.2. The maximum absolute atomic E-state index is 12.2. The fourth-order valence-electron chi connectivity index (χ4n) is 2.00. The van der Waals surface area contributed by atoms with E-state index < -0.39 is 5.97 Å². The van der Waals surface area contributed by atoms with Crippen LogP contribution in [0.2, 0.25) is 5.02 Å².